The molecule has 2 aliphatic rings. The Morgan fingerprint density at radius 3 is 2.63 bits per heavy atom. The highest BCUT2D eigenvalue weighted by Crippen LogP contribution is 2.33. The van der Waals surface area contributed by atoms with Gasteiger partial charge < -0.3 is 19.4 Å². The number of likely N-dealkylation sites (tertiary alicyclic amines) is 1. The molecule has 5 heteroatoms. The molecule has 2 aromatic carbocycles. The van der Waals surface area contributed by atoms with Crippen molar-refractivity contribution in [3.63, 3.8) is 0 Å². The third-order valence-electron chi connectivity index (χ3n) is 6.40. The van der Waals surface area contributed by atoms with Crippen molar-refractivity contribution in [1.29, 1.82) is 0 Å². The van der Waals surface area contributed by atoms with E-state index in [1.54, 1.807) is 0 Å². The van der Waals surface area contributed by atoms with Crippen molar-refractivity contribution in [3.05, 3.63) is 65.9 Å². The monoisotopic (exact) mass is 404 g/mol. The van der Waals surface area contributed by atoms with E-state index in [0.717, 1.165) is 56.7 Å². The van der Waals surface area contributed by atoms with Crippen molar-refractivity contribution >= 4 is 16.8 Å². The summed E-state index contributed by atoms with van der Waals surface area (Å²) >= 11 is 0. The molecule has 5 rings (SSSR count). The minimum Gasteiger partial charge on any atom is -0.491 e. The van der Waals surface area contributed by atoms with E-state index in [0.29, 0.717) is 12.5 Å². The average molecular weight is 405 g/mol. The van der Waals surface area contributed by atoms with Crippen LogP contribution in [0.3, 0.4) is 0 Å². The van der Waals surface area contributed by atoms with Gasteiger partial charge in [-0.05, 0) is 67.5 Å². The smallest absolute Gasteiger partial charge is 0.253 e. The van der Waals surface area contributed by atoms with Gasteiger partial charge in [-0.15, -0.1) is 0 Å². The second-order valence-corrected chi connectivity index (χ2v) is 8.33. The summed E-state index contributed by atoms with van der Waals surface area (Å²) < 4.78 is 11.4. The van der Waals surface area contributed by atoms with Gasteiger partial charge in [0.1, 0.15) is 12.4 Å². The highest BCUT2D eigenvalue weighted by molar-refractivity contribution is 5.94. The number of aromatic amines is 1. The molecule has 5 nitrogen and oxygen atoms in total. The van der Waals surface area contributed by atoms with Gasteiger partial charge >= 0.3 is 0 Å². The third kappa shape index (κ3) is 3.94. The fourth-order valence-corrected chi connectivity index (χ4v) is 4.67. The molecule has 1 unspecified atom stereocenters. The molecule has 0 saturated carbocycles. The topological polar surface area (TPSA) is 54.6 Å². The molecule has 2 fully saturated rings. The van der Waals surface area contributed by atoms with Gasteiger partial charge in [-0.25, -0.2) is 0 Å². The molecule has 1 atom stereocenters. The van der Waals surface area contributed by atoms with E-state index >= 15 is 0 Å². The lowest BCUT2D eigenvalue weighted by molar-refractivity contribution is 0.0677. The number of ether oxygens (including phenoxy) is 2. The van der Waals surface area contributed by atoms with Crippen LogP contribution < -0.4 is 4.74 Å². The van der Waals surface area contributed by atoms with Crippen molar-refractivity contribution < 1.29 is 14.3 Å². The van der Waals surface area contributed by atoms with Crippen LogP contribution in [0.2, 0.25) is 0 Å². The van der Waals surface area contributed by atoms with Crippen molar-refractivity contribution in [2.45, 2.75) is 37.7 Å². The maximum atomic E-state index is 12.9. The maximum absolute atomic E-state index is 12.9. The summed E-state index contributed by atoms with van der Waals surface area (Å²) in [5, 5.41) is 1.31. The summed E-state index contributed by atoms with van der Waals surface area (Å²) in [4.78, 5) is 18.3. The van der Waals surface area contributed by atoms with Gasteiger partial charge in [-0.3, -0.25) is 4.79 Å². The summed E-state index contributed by atoms with van der Waals surface area (Å²) in [6.07, 6.45) is 6.50. The highest BCUT2D eigenvalue weighted by atomic mass is 16.5. The number of carbonyl (C=O) groups excluding carboxylic acids is 1. The van der Waals surface area contributed by atoms with Crippen molar-refractivity contribution in [2.24, 2.45) is 0 Å². The molecule has 156 valence electrons. The van der Waals surface area contributed by atoms with Gasteiger partial charge in [0.05, 0.1) is 6.10 Å². The lowest BCUT2D eigenvalue weighted by Crippen LogP contribution is -2.37. The first kappa shape index (κ1) is 19.2. The Kier molecular flexibility index (Phi) is 5.45. The number of H-pyrrole nitrogens is 1. The number of fused-ring (bicyclic) bond motifs is 1. The Morgan fingerprint density at radius 1 is 1.07 bits per heavy atom. The molecule has 30 heavy (non-hydrogen) atoms. The lowest BCUT2D eigenvalue weighted by atomic mass is 9.89. The zero-order valence-electron chi connectivity index (χ0n) is 17.2. The molecule has 2 aliphatic heterocycles. The van der Waals surface area contributed by atoms with Crippen LogP contribution in [0, 0.1) is 0 Å². The summed E-state index contributed by atoms with van der Waals surface area (Å²) in [5.41, 5.74) is 3.29. The number of piperidine rings is 1. The normalized spacial score (nSPS) is 20.0. The first-order chi connectivity index (χ1) is 14.8. The third-order valence-corrected chi connectivity index (χ3v) is 6.40. The molecule has 0 bridgehead atoms. The molecule has 1 amide bonds. The largest absolute Gasteiger partial charge is 0.491 e. The number of carbonyl (C=O) groups is 1. The van der Waals surface area contributed by atoms with E-state index in [1.165, 1.54) is 16.5 Å². The molecule has 2 saturated heterocycles. The van der Waals surface area contributed by atoms with Crippen LogP contribution in [-0.2, 0) is 4.74 Å². The van der Waals surface area contributed by atoms with Crippen LogP contribution in [0.4, 0.5) is 0 Å². The minimum absolute atomic E-state index is 0.109. The van der Waals surface area contributed by atoms with Gasteiger partial charge in [0.2, 0.25) is 0 Å². The van der Waals surface area contributed by atoms with E-state index in [9.17, 15) is 4.79 Å². The number of hydrogen-bond acceptors (Lipinski definition) is 3. The molecule has 3 heterocycles. The predicted octanol–water partition coefficient (Wildman–Crippen LogP) is 4.75. The molecule has 0 aliphatic carbocycles. The van der Waals surface area contributed by atoms with E-state index in [-0.39, 0.29) is 12.0 Å². The van der Waals surface area contributed by atoms with E-state index in [1.807, 2.05) is 29.2 Å². The van der Waals surface area contributed by atoms with Crippen LogP contribution in [0.1, 0.15) is 47.5 Å². The molecule has 0 spiro atoms. The number of benzene rings is 2. The maximum Gasteiger partial charge on any atom is 0.253 e. The van der Waals surface area contributed by atoms with Crippen LogP contribution in [0.15, 0.2) is 54.7 Å². The molecule has 3 aromatic rings. The molecular weight excluding hydrogens is 376 g/mol. The van der Waals surface area contributed by atoms with E-state index in [4.69, 9.17) is 9.47 Å². The second kappa shape index (κ2) is 8.52. The van der Waals surface area contributed by atoms with Crippen LogP contribution >= 0.6 is 0 Å². The predicted molar refractivity (Wildman–Crippen MR) is 117 cm³/mol. The fourth-order valence-electron chi connectivity index (χ4n) is 4.67. The standard InChI is InChI=1S/C25H28N2O3/c28-25(19-7-9-20(10-8-19)30-17-21-4-3-15-29-21)27-13-11-18(12-14-27)23-16-26-24-6-2-1-5-22(23)24/h1-2,5-10,16,18,21,26H,3-4,11-15,17H2. The van der Waals surface area contributed by atoms with Crippen molar-refractivity contribution in [2.75, 3.05) is 26.3 Å². The Morgan fingerprint density at radius 2 is 1.87 bits per heavy atom. The number of aromatic nitrogens is 1. The summed E-state index contributed by atoms with van der Waals surface area (Å²) in [6, 6.07) is 16.0. The Hall–Kier alpha value is -2.79. The van der Waals surface area contributed by atoms with E-state index < -0.39 is 0 Å². The summed E-state index contributed by atoms with van der Waals surface area (Å²) in [7, 11) is 0. The number of para-hydroxylation sites is 1. The van der Waals surface area contributed by atoms with Crippen LogP contribution in [0.25, 0.3) is 10.9 Å². The average Bonchev–Trinajstić information content (AvgIpc) is 3.48. The van der Waals surface area contributed by atoms with Crippen molar-refractivity contribution in [1.82, 2.24) is 9.88 Å². The van der Waals surface area contributed by atoms with E-state index in [2.05, 4.69) is 35.4 Å². The fraction of sp³-hybridized carbons (Fsp3) is 0.400. The summed E-state index contributed by atoms with van der Waals surface area (Å²) in [5.74, 6) is 1.40. The SMILES string of the molecule is O=C(c1ccc(OCC2CCCO2)cc1)N1CCC(c2c[nH]c3ccccc23)CC1. The number of amides is 1. The number of rotatable bonds is 5. The Bertz CT molecular complexity index is 997. The van der Waals surface area contributed by atoms with Gasteiger partial charge in [0.15, 0.2) is 0 Å². The van der Waals surface area contributed by atoms with Crippen molar-refractivity contribution in [3.8, 4) is 5.75 Å². The minimum atomic E-state index is 0.109. The molecule has 0 radical (unpaired) electrons. The van der Waals surface area contributed by atoms with Gasteiger partial charge in [-0.1, -0.05) is 18.2 Å². The highest BCUT2D eigenvalue weighted by Gasteiger charge is 2.26. The zero-order valence-corrected chi connectivity index (χ0v) is 17.2. The number of nitrogens with one attached hydrogen (secondary N) is 1. The summed E-state index contributed by atoms with van der Waals surface area (Å²) in [6.45, 7) is 2.99. The van der Waals surface area contributed by atoms with Gasteiger partial charge in [-0.2, -0.15) is 0 Å². The first-order valence-corrected chi connectivity index (χ1v) is 11.0. The quantitative estimate of drug-likeness (QED) is 0.668. The molecule has 1 N–H and O–H groups in total. The molecule has 1 aromatic heterocycles. The lowest BCUT2D eigenvalue weighted by Gasteiger charge is -2.32. The van der Waals surface area contributed by atoms with Gasteiger partial charge in [0, 0.05) is 42.4 Å². The number of nitrogens with zero attached hydrogens (tertiary/aromatic N) is 1. The first-order valence-electron chi connectivity index (χ1n) is 11.0. The number of hydrogen-bond donors (Lipinski definition) is 1. The Labute approximate surface area is 177 Å². The second-order valence-electron chi connectivity index (χ2n) is 8.33. The molecular formula is C25H28N2O3. The Balaban J connectivity index is 1.17. The van der Waals surface area contributed by atoms with Crippen LogP contribution in [0.5, 0.6) is 5.75 Å². The zero-order chi connectivity index (χ0) is 20.3. The van der Waals surface area contributed by atoms with Gasteiger partial charge in [0.25, 0.3) is 5.91 Å². The van der Waals surface area contributed by atoms with Crippen LogP contribution in [-0.4, -0.2) is 48.2 Å².